The van der Waals surface area contributed by atoms with Crippen molar-refractivity contribution in [2.24, 2.45) is 0 Å². The largest absolute Gasteiger partial charge is 0.497 e. The Labute approximate surface area is 165 Å². The molecule has 0 spiro atoms. The van der Waals surface area contributed by atoms with Crippen molar-refractivity contribution in [1.82, 2.24) is 0 Å². The molecule has 0 radical (unpaired) electrons. The molecule has 5 heteroatoms. The van der Waals surface area contributed by atoms with E-state index in [0.717, 1.165) is 16.7 Å². The van der Waals surface area contributed by atoms with Gasteiger partial charge in [-0.05, 0) is 53.1 Å². The van der Waals surface area contributed by atoms with E-state index in [4.69, 9.17) is 9.47 Å². The van der Waals surface area contributed by atoms with Gasteiger partial charge in [0.15, 0.2) is 0 Å². The first kappa shape index (κ1) is 19.5. The summed E-state index contributed by atoms with van der Waals surface area (Å²) in [6.07, 6.45) is 0. The summed E-state index contributed by atoms with van der Waals surface area (Å²) in [5, 5.41) is 0.618. The van der Waals surface area contributed by atoms with E-state index in [1.165, 1.54) is 24.3 Å². The van der Waals surface area contributed by atoms with E-state index in [-0.39, 0.29) is 11.6 Å². The van der Waals surface area contributed by atoms with Gasteiger partial charge in [0, 0.05) is 5.33 Å². The maximum atomic E-state index is 13.6. The molecular weight excluding hydrogens is 414 g/mol. The van der Waals surface area contributed by atoms with E-state index in [0.29, 0.717) is 17.7 Å². The van der Waals surface area contributed by atoms with Crippen LogP contribution in [-0.4, -0.2) is 19.0 Å². The molecule has 0 atom stereocenters. The number of hydrogen-bond acceptors (Lipinski definition) is 2. The Morgan fingerprint density at radius 1 is 0.741 bits per heavy atom. The second kappa shape index (κ2) is 8.63. The molecule has 0 N–H and O–H groups in total. The number of halogens is 3. The first-order valence-electron chi connectivity index (χ1n) is 8.46. The molecule has 0 unspecified atom stereocenters. The lowest BCUT2D eigenvalue weighted by atomic mass is 9.80. The summed E-state index contributed by atoms with van der Waals surface area (Å²) >= 11 is 3.40. The molecule has 0 aliphatic heterocycles. The minimum Gasteiger partial charge on any atom is -0.497 e. The van der Waals surface area contributed by atoms with E-state index in [1.807, 2.05) is 24.3 Å². The lowest BCUT2D eigenvalue weighted by Crippen LogP contribution is -2.33. The summed E-state index contributed by atoms with van der Waals surface area (Å²) in [4.78, 5) is 0. The molecule has 0 bridgehead atoms. The van der Waals surface area contributed by atoms with Gasteiger partial charge in [-0.25, -0.2) is 8.78 Å². The van der Waals surface area contributed by atoms with Crippen molar-refractivity contribution < 1.29 is 18.3 Å². The lowest BCUT2D eigenvalue weighted by molar-refractivity contribution is 0.0236. The second-order valence-electron chi connectivity index (χ2n) is 5.96. The summed E-state index contributed by atoms with van der Waals surface area (Å²) in [5.74, 6) is 0.0512. The minimum atomic E-state index is -1.01. The Morgan fingerprint density at radius 3 is 1.52 bits per heavy atom. The fourth-order valence-electron chi connectivity index (χ4n) is 3.14. The number of methoxy groups -OCH3 is 1. The van der Waals surface area contributed by atoms with Crippen molar-refractivity contribution in [2.75, 3.05) is 19.0 Å². The molecule has 0 aliphatic carbocycles. The molecular formula is C22H19BrF2O2. The third-order valence-electron chi connectivity index (χ3n) is 4.39. The fourth-order valence-corrected chi connectivity index (χ4v) is 3.30. The van der Waals surface area contributed by atoms with Gasteiger partial charge in [-0.2, -0.15) is 0 Å². The van der Waals surface area contributed by atoms with E-state index in [1.54, 1.807) is 31.4 Å². The minimum absolute atomic E-state index is 0.332. The molecule has 27 heavy (non-hydrogen) atoms. The van der Waals surface area contributed by atoms with Gasteiger partial charge in [-0.15, -0.1) is 0 Å². The van der Waals surface area contributed by atoms with Crippen LogP contribution in [-0.2, 0) is 10.3 Å². The topological polar surface area (TPSA) is 18.5 Å². The summed E-state index contributed by atoms with van der Waals surface area (Å²) < 4.78 is 38.8. The van der Waals surface area contributed by atoms with Crippen molar-refractivity contribution in [3.05, 3.63) is 101 Å². The van der Waals surface area contributed by atoms with Crippen LogP contribution in [0.15, 0.2) is 72.8 Å². The second-order valence-corrected chi connectivity index (χ2v) is 6.75. The Bertz CT molecular complexity index is 817. The van der Waals surface area contributed by atoms with E-state index in [2.05, 4.69) is 15.9 Å². The van der Waals surface area contributed by atoms with Gasteiger partial charge in [0.25, 0.3) is 0 Å². The third kappa shape index (κ3) is 4.04. The van der Waals surface area contributed by atoms with Crippen LogP contribution in [0.2, 0.25) is 0 Å². The lowest BCUT2D eigenvalue weighted by Gasteiger charge is -2.36. The molecule has 0 saturated carbocycles. The van der Waals surface area contributed by atoms with Gasteiger partial charge in [-0.3, -0.25) is 0 Å². The number of rotatable bonds is 7. The molecule has 3 aromatic carbocycles. The Kier molecular flexibility index (Phi) is 6.24. The van der Waals surface area contributed by atoms with Gasteiger partial charge < -0.3 is 9.47 Å². The van der Waals surface area contributed by atoms with Gasteiger partial charge in [0.05, 0.1) is 13.7 Å². The Morgan fingerprint density at radius 2 is 1.15 bits per heavy atom. The van der Waals surface area contributed by atoms with Crippen molar-refractivity contribution >= 4 is 15.9 Å². The van der Waals surface area contributed by atoms with Crippen LogP contribution in [0.3, 0.4) is 0 Å². The first-order chi connectivity index (χ1) is 13.1. The molecule has 0 fully saturated rings. The smallest absolute Gasteiger partial charge is 0.143 e. The molecule has 0 saturated heterocycles. The molecule has 0 aromatic heterocycles. The highest BCUT2D eigenvalue weighted by atomic mass is 79.9. The average Bonchev–Trinajstić information content (AvgIpc) is 2.71. The molecule has 2 nitrogen and oxygen atoms in total. The summed E-state index contributed by atoms with van der Waals surface area (Å²) in [6.45, 7) is 0.404. The zero-order valence-electron chi connectivity index (χ0n) is 14.8. The first-order valence-corrected chi connectivity index (χ1v) is 9.59. The number of alkyl halides is 1. The zero-order chi connectivity index (χ0) is 19.3. The van der Waals surface area contributed by atoms with Crippen LogP contribution >= 0.6 is 15.9 Å². The third-order valence-corrected chi connectivity index (χ3v) is 4.72. The van der Waals surface area contributed by atoms with Crippen LogP contribution in [0.4, 0.5) is 8.78 Å². The highest BCUT2D eigenvalue weighted by molar-refractivity contribution is 9.09. The predicted octanol–water partition coefficient (Wildman–Crippen LogP) is 5.68. The molecule has 0 aliphatic rings. The van der Waals surface area contributed by atoms with Gasteiger partial charge >= 0.3 is 0 Å². The fraction of sp³-hybridized carbons (Fsp3) is 0.182. The number of hydrogen-bond donors (Lipinski definition) is 0. The van der Waals surface area contributed by atoms with Crippen LogP contribution in [0.1, 0.15) is 16.7 Å². The highest BCUT2D eigenvalue weighted by Gasteiger charge is 2.37. The predicted molar refractivity (Wildman–Crippen MR) is 105 cm³/mol. The SMILES string of the molecule is COc1ccc(C(OCCBr)(c2ccc(F)cc2)c2ccc(F)cc2)cc1. The number of benzene rings is 3. The zero-order valence-corrected chi connectivity index (χ0v) is 16.4. The van der Waals surface area contributed by atoms with Crippen LogP contribution in [0.25, 0.3) is 0 Å². The van der Waals surface area contributed by atoms with Gasteiger partial charge in [0.2, 0.25) is 0 Å². The summed E-state index contributed by atoms with van der Waals surface area (Å²) in [6, 6.07) is 19.8. The molecule has 140 valence electrons. The summed E-state index contributed by atoms with van der Waals surface area (Å²) in [5.41, 5.74) is 1.33. The highest BCUT2D eigenvalue weighted by Crippen LogP contribution is 2.41. The van der Waals surface area contributed by atoms with Crippen LogP contribution < -0.4 is 4.74 Å². The molecule has 3 rings (SSSR count). The van der Waals surface area contributed by atoms with Gasteiger partial charge in [0.1, 0.15) is 23.0 Å². The van der Waals surface area contributed by atoms with E-state index < -0.39 is 5.60 Å². The maximum Gasteiger partial charge on any atom is 0.143 e. The number of ether oxygens (including phenoxy) is 2. The van der Waals surface area contributed by atoms with Crippen molar-refractivity contribution in [3.8, 4) is 5.75 Å². The normalized spacial score (nSPS) is 11.4. The standard InChI is InChI=1S/C22H19BrF2O2/c1-26-21-12-6-18(7-13-21)22(27-15-14-23,16-2-8-19(24)9-3-16)17-4-10-20(25)11-5-17/h2-13H,14-15H2,1H3. The quantitative estimate of drug-likeness (QED) is 0.353. The van der Waals surface area contributed by atoms with Crippen molar-refractivity contribution in [1.29, 1.82) is 0 Å². The molecule has 0 heterocycles. The van der Waals surface area contributed by atoms with E-state index in [9.17, 15) is 8.78 Å². The molecule has 0 amide bonds. The van der Waals surface area contributed by atoms with Gasteiger partial charge in [-0.1, -0.05) is 52.3 Å². The Hall–Kier alpha value is -2.24. The monoisotopic (exact) mass is 432 g/mol. The van der Waals surface area contributed by atoms with Crippen molar-refractivity contribution in [2.45, 2.75) is 5.60 Å². The van der Waals surface area contributed by atoms with E-state index >= 15 is 0 Å². The Balaban J connectivity index is 2.25. The van der Waals surface area contributed by atoms with Crippen molar-refractivity contribution in [3.63, 3.8) is 0 Å². The average molecular weight is 433 g/mol. The maximum absolute atomic E-state index is 13.6. The van der Waals surface area contributed by atoms with Crippen LogP contribution in [0, 0.1) is 11.6 Å². The summed E-state index contributed by atoms with van der Waals surface area (Å²) in [7, 11) is 1.60. The molecule has 3 aromatic rings. The van der Waals surface area contributed by atoms with Crippen LogP contribution in [0.5, 0.6) is 5.75 Å².